The number of nitrogens with one attached hydrogen (secondary N) is 2. The predicted molar refractivity (Wildman–Crippen MR) is 146 cm³/mol. The highest BCUT2D eigenvalue weighted by atomic mass is 35.5. The van der Waals surface area contributed by atoms with Crippen LogP contribution >= 0.6 is 11.6 Å². The number of nitrogens with zero attached hydrogens (tertiary/aromatic N) is 5. The second-order valence-electron chi connectivity index (χ2n) is 8.72. The van der Waals surface area contributed by atoms with E-state index in [-0.39, 0.29) is 12.0 Å². The first kappa shape index (κ1) is 25.3. The molecule has 0 saturated heterocycles. The summed E-state index contributed by atoms with van der Waals surface area (Å²) in [5.41, 5.74) is 4.33. The number of aromatic nitrogens is 4. The minimum atomic E-state index is -0.382. The van der Waals surface area contributed by atoms with E-state index < -0.39 is 0 Å². The molecule has 38 heavy (non-hydrogen) atoms. The number of halogens is 1. The number of carbonyl (C=O) groups excluding carboxylic acids is 1. The summed E-state index contributed by atoms with van der Waals surface area (Å²) in [7, 11) is 3.00. The van der Waals surface area contributed by atoms with Gasteiger partial charge in [-0.1, -0.05) is 41.9 Å². The number of anilines is 3. The van der Waals surface area contributed by atoms with E-state index in [2.05, 4.69) is 15.6 Å². The van der Waals surface area contributed by atoms with Crippen LogP contribution in [-0.2, 0) is 11.3 Å². The molecular weight excluding hydrogens is 506 g/mol. The van der Waals surface area contributed by atoms with Crippen LogP contribution in [0.15, 0.2) is 61.1 Å². The predicted octanol–water partition coefficient (Wildman–Crippen LogP) is 5.21. The maximum atomic E-state index is 12.5. The van der Waals surface area contributed by atoms with Gasteiger partial charge in [0.15, 0.2) is 0 Å². The molecule has 0 saturated carbocycles. The molecule has 0 radical (unpaired) electrons. The molecule has 2 N–H and O–H groups in total. The van der Waals surface area contributed by atoms with Crippen molar-refractivity contribution < 1.29 is 14.3 Å². The Balaban J connectivity index is 1.55. The van der Waals surface area contributed by atoms with Crippen LogP contribution in [0.5, 0.6) is 5.75 Å². The van der Waals surface area contributed by atoms with Gasteiger partial charge in [0.2, 0.25) is 5.95 Å². The van der Waals surface area contributed by atoms with Crippen molar-refractivity contribution in [2.24, 2.45) is 0 Å². The highest BCUT2D eigenvalue weighted by molar-refractivity contribution is 6.29. The van der Waals surface area contributed by atoms with Crippen molar-refractivity contribution in [1.29, 1.82) is 0 Å². The molecule has 0 fully saturated rings. The number of fused-ring (bicyclic) bond motifs is 1. The van der Waals surface area contributed by atoms with Crippen LogP contribution in [0.4, 0.5) is 22.2 Å². The maximum absolute atomic E-state index is 12.5. The lowest BCUT2D eigenvalue weighted by Crippen LogP contribution is -2.39. The van der Waals surface area contributed by atoms with Gasteiger partial charge < -0.3 is 29.6 Å². The van der Waals surface area contributed by atoms with Crippen molar-refractivity contribution in [2.45, 2.75) is 19.4 Å². The molecule has 1 amide bonds. The van der Waals surface area contributed by atoms with Crippen molar-refractivity contribution in [1.82, 2.24) is 24.4 Å². The summed E-state index contributed by atoms with van der Waals surface area (Å²) in [4.78, 5) is 28.0. The van der Waals surface area contributed by atoms with Gasteiger partial charge in [0.1, 0.15) is 23.0 Å². The second-order valence-corrected chi connectivity index (χ2v) is 9.11. The molecule has 196 valence electrons. The summed E-state index contributed by atoms with van der Waals surface area (Å²) < 4.78 is 12.5. The first-order valence-corrected chi connectivity index (χ1v) is 12.6. The van der Waals surface area contributed by atoms with E-state index in [1.54, 1.807) is 29.1 Å². The average Bonchev–Trinajstić information content (AvgIpc) is 3.38. The minimum absolute atomic E-state index is 0.150. The number of hydrogen-bond donors (Lipinski definition) is 2. The average molecular weight is 534 g/mol. The zero-order chi connectivity index (χ0) is 26.6. The SMILES string of the molecule is CCNc1nc(Nc2ccc(-n3cnc(Cl)c3)c(OC)c2)nc2c1CN(C(=O)OC)CC2c1ccccc1. The van der Waals surface area contributed by atoms with E-state index in [0.29, 0.717) is 42.3 Å². The monoisotopic (exact) mass is 533 g/mol. The van der Waals surface area contributed by atoms with Gasteiger partial charge >= 0.3 is 6.09 Å². The molecule has 5 rings (SSSR count). The molecule has 10 nitrogen and oxygen atoms in total. The van der Waals surface area contributed by atoms with Gasteiger partial charge in [-0.05, 0) is 24.6 Å². The Morgan fingerprint density at radius 1 is 1.16 bits per heavy atom. The molecule has 11 heteroatoms. The third-order valence-electron chi connectivity index (χ3n) is 6.37. The van der Waals surface area contributed by atoms with Gasteiger partial charge in [-0.3, -0.25) is 0 Å². The summed E-state index contributed by atoms with van der Waals surface area (Å²) in [6.07, 6.45) is 2.96. The van der Waals surface area contributed by atoms with Gasteiger partial charge in [0.25, 0.3) is 0 Å². The lowest BCUT2D eigenvalue weighted by atomic mass is 9.88. The van der Waals surface area contributed by atoms with Crippen LogP contribution in [0.3, 0.4) is 0 Å². The Hall–Kier alpha value is -4.31. The first-order valence-electron chi connectivity index (χ1n) is 12.2. The number of carbonyl (C=O) groups is 1. The molecule has 4 aromatic rings. The van der Waals surface area contributed by atoms with Crippen molar-refractivity contribution >= 4 is 35.1 Å². The smallest absolute Gasteiger partial charge is 0.409 e. The van der Waals surface area contributed by atoms with Crippen molar-refractivity contribution in [2.75, 3.05) is 37.9 Å². The minimum Gasteiger partial charge on any atom is -0.494 e. The van der Waals surface area contributed by atoms with Crippen LogP contribution in [0.2, 0.25) is 5.15 Å². The number of amides is 1. The van der Waals surface area contributed by atoms with E-state index in [9.17, 15) is 4.79 Å². The Morgan fingerprint density at radius 2 is 1.97 bits per heavy atom. The van der Waals surface area contributed by atoms with Gasteiger partial charge in [0.05, 0.1) is 32.1 Å². The summed E-state index contributed by atoms with van der Waals surface area (Å²) in [5.74, 6) is 1.59. The number of hydrogen-bond acceptors (Lipinski definition) is 8. The molecule has 1 aliphatic heterocycles. The molecule has 2 aromatic carbocycles. The van der Waals surface area contributed by atoms with Crippen LogP contribution in [-0.4, -0.2) is 57.8 Å². The van der Waals surface area contributed by atoms with Crippen LogP contribution in [0.25, 0.3) is 5.69 Å². The van der Waals surface area contributed by atoms with E-state index in [1.165, 1.54) is 7.11 Å². The summed E-state index contributed by atoms with van der Waals surface area (Å²) in [5, 5.41) is 7.07. The zero-order valence-corrected chi connectivity index (χ0v) is 22.1. The summed E-state index contributed by atoms with van der Waals surface area (Å²) in [6, 6.07) is 15.7. The number of imidazole rings is 1. The third kappa shape index (κ3) is 5.08. The number of ether oxygens (including phenoxy) is 2. The largest absolute Gasteiger partial charge is 0.494 e. The molecule has 0 bridgehead atoms. The van der Waals surface area contributed by atoms with Crippen LogP contribution in [0, 0.1) is 0 Å². The Kier molecular flexibility index (Phi) is 7.32. The van der Waals surface area contributed by atoms with E-state index >= 15 is 0 Å². The van der Waals surface area contributed by atoms with E-state index in [4.69, 9.17) is 31.0 Å². The standard InChI is InChI=1S/C27H28ClN7O3/c1-4-29-25-20-14-34(27(36)38-3)13-19(17-8-6-5-7-9-17)24(20)32-26(33-25)31-18-10-11-21(22(12-18)37-2)35-15-23(28)30-16-35/h5-12,15-16,19H,4,13-14H2,1-3H3,(H2,29,31,32,33). The van der Waals surface area contributed by atoms with Crippen molar-refractivity contribution in [3.8, 4) is 11.4 Å². The number of benzene rings is 2. The third-order valence-corrected chi connectivity index (χ3v) is 6.56. The highest BCUT2D eigenvalue weighted by Crippen LogP contribution is 2.37. The van der Waals surface area contributed by atoms with E-state index in [1.807, 2.05) is 55.5 Å². The number of methoxy groups -OCH3 is 2. The Labute approximate surface area is 225 Å². The number of rotatable bonds is 7. The highest BCUT2D eigenvalue weighted by Gasteiger charge is 2.33. The molecule has 1 unspecified atom stereocenters. The van der Waals surface area contributed by atoms with Gasteiger partial charge in [-0.2, -0.15) is 4.98 Å². The molecule has 0 aliphatic carbocycles. The lowest BCUT2D eigenvalue weighted by Gasteiger charge is -2.34. The lowest BCUT2D eigenvalue weighted by molar-refractivity contribution is 0.116. The summed E-state index contributed by atoms with van der Waals surface area (Å²) >= 11 is 6.00. The maximum Gasteiger partial charge on any atom is 0.409 e. The molecule has 3 heterocycles. The van der Waals surface area contributed by atoms with Gasteiger partial charge in [-0.15, -0.1) is 0 Å². The molecular formula is C27H28ClN7O3. The summed E-state index contributed by atoms with van der Waals surface area (Å²) in [6.45, 7) is 3.46. The van der Waals surface area contributed by atoms with Gasteiger partial charge in [0, 0.05) is 42.5 Å². The zero-order valence-electron chi connectivity index (χ0n) is 21.3. The topological polar surface area (TPSA) is 106 Å². The molecule has 1 atom stereocenters. The van der Waals surface area contributed by atoms with Gasteiger partial charge in [-0.25, -0.2) is 14.8 Å². The van der Waals surface area contributed by atoms with Crippen LogP contribution < -0.4 is 15.4 Å². The fourth-order valence-corrected chi connectivity index (χ4v) is 4.77. The quantitative estimate of drug-likeness (QED) is 0.333. The van der Waals surface area contributed by atoms with E-state index in [0.717, 1.165) is 28.2 Å². The van der Waals surface area contributed by atoms with Crippen molar-refractivity contribution in [3.05, 3.63) is 83.0 Å². The Morgan fingerprint density at radius 3 is 2.66 bits per heavy atom. The molecule has 0 spiro atoms. The molecule has 2 aromatic heterocycles. The fourth-order valence-electron chi connectivity index (χ4n) is 4.62. The fraction of sp³-hybridized carbons (Fsp3) is 0.259. The molecule has 1 aliphatic rings. The van der Waals surface area contributed by atoms with Crippen molar-refractivity contribution in [3.63, 3.8) is 0 Å². The van der Waals surface area contributed by atoms with Crippen LogP contribution in [0.1, 0.15) is 29.7 Å². The Bertz CT molecular complexity index is 1440. The second kappa shape index (κ2) is 11.0. The normalized spacial score (nSPS) is 14.5. The first-order chi connectivity index (χ1) is 18.5.